The summed E-state index contributed by atoms with van der Waals surface area (Å²) in [6.07, 6.45) is -5.21. The van der Waals surface area contributed by atoms with E-state index in [1.54, 1.807) is 0 Å². The number of aliphatic hydroxyl groups excluding tert-OH is 5. The molecule has 0 saturated heterocycles. The van der Waals surface area contributed by atoms with Gasteiger partial charge in [0.25, 0.3) is 0 Å². The zero-order valence-corrected chi connectivity index (χ0v) is 6.29. The smallest absolute Gasteiger partial charge is 0.194 e. The topological polar surface area (TPSA) is 118 Å². The van der Waals surface area contributed by atoms with Crippen LogP contribution >= 0.6 is 0 Å². The Morgan fingerprint density at radius 2 is 1.58 bits per heavy atom. The lowest BCUT2D eigenvalue weighted by molar-refractivity contribution is -0.144. The van der Waals surface area contributed by atoms with Gasteiger partial charge in [0.05, 0.1) is 13.2 Å². The fourth-order valence-corrected chi connectivity index (χ4v) is 0.577. The summed E-state index contributed by atoms with van der Waals surface area (Å²) in [6, 6.07) is 0. The largest absolute Gasteiger partial charge is 0.394 e. The van der Waals surface area contributed by atoms with Gasteiger partial charge in [-0.05, 0) is 0 Å². The summed E-state index contributed by atoms with van der Waals surface area (Å²) in [7, 11) is 0. The highest BCUT2D eigenvalue weighted by molar-refractivity contribution is 5.87. The summed E-state index contributed by atoms with van der Waals surface area (Å²) in [5.41, 5.74) is 0. The molecule has 0 aromatic heterocycles. The van der Waals surface area contributed by atoms with Gasteiger partial charge in [-0.3, -0.25) is 4.79 Å². The third kappa shape index (κ3) is 2.84. The molecular weight excluding hydrogens is 168 g/mol. The summed E-state index contributed by atoms with van der Waals surface area (Å²) in [5, 5.41) is 42.9. The third-order valence-corrected chi connectivity index (χ3v) is 1.34. The van der Waals surface area contributed by atoms with Crippen molar-refractivity contribution in [3.63, 3.8) is 0 Å². The first-order valence-electron chi connectivity index (χ1n) is 3.34. The number of hydrogen-bond donors (Lipinski definition) is 5. The van der Waals surface area contributed by atoms with E-state index < -0.39 is 37.3 Å². The van der Waals surface area contributed by atoms with Crippen molar-refractivity contribution in [2.24, 2.45) is 0 Å². The molecule has 0 aliphatic heterocycles. The van der Waals surface area contributed by atoms with Crippen molar-refractivity contribution in [2.45, 2.75) is 18.3 Å². The summed E-state index contributed by atoms with van der Waals surface area (Å²) in [4.78, 5) is 10.7. The van der Waals surface area contributed by atoms with Crippen LogP contribution < -0.4 is 0 Å². The molecule has 6 heteroatoms. The molecular formula is C6H12O6. The van der Waals surface area contributed by atoms with Crippen molar-refractivity contribution in [3.8, 4) is 0 Å². The van der Waals surface area contributed by atoms with Crippen molar-refractivity contribution in [1.82, 2.24) is 0 Å². The average molecular weight is 180 g/mol. The van der Waals surface area contributed by atoms with Crippen molar-refractivity contribution >= 4 is 5.78 Å². The maximum atomic E-state index is 10.7. The fourth-order valence-electron chi connectivity index (χ4n) is 0.577. The molecule has 0 spiro atoms. The molecule has 72 valence electrons. The Morgan fingerprint density at radius 3 is 1.92 bits per heavy atom. The van der Waals surface area contributed by atoms with Gasteiger partial charge in [-0.2, -0.15) is 0 Å². The summed E-state index contributed by atoms with van der Waals surface area (Å²) in [6.45, 7) is -1.61. The lowest BCUT2D eigenvalue weighted by atomic mass is 10.1. The number of rotatable bonds is 5. The molecule has 0 aromatic carbocycles. The number of Topliss-reactive ketones (excluding diaryl/α,β-unsaturated/α-hetero) is 1. The number of carbonyl (C=O) groups is 1. The van der Waals surface area contributed by atoms with Gasteiger partial charge in [-0.1, -0.05) is 0 Å². The second-order valence-electron chi connectivity index (χ2n) is 2.30. The molecule has 3 atom stereocenters. The monoisotopic (exact) mass is 180 g/mol. The van der Waals surface area contributed by atoms with Gasteiger partial charge in [-0.15, -0.1) is 0 Å². The summed E-state index contributed by atoms with van der Waals surface area (Å²) in [5.74, 6) is -1.11. The molecule has 0 rings (SSSR count). The predicted molar refractivity (Wildman–Crippen MR) is 37.2 cm³/mol. The highest BCUT2D eigenvalue weighted by atomic mass is 16.4. The van der Waals surface area contributed by atoms with Gasteiger partial charge in [0.15, 0.2) is 5.78 Å². The standard InChI is InChI=1S/C6H12O6/c7-1-3(9)5(11)6(12)4(10)2-8/h3-5,7-11H,1-2H2/t3-,4-,5?/m1/s1. The minimum Gasteiger partial charge on any atom is -0.394 e. The van der Waals surface area contributed by atoms with Crippen LogP contribution in [0.3, 0.4) is 0 Å². The van der Waals surface area contributed by atoms with E-state index in [9.17, 15) is 4.79 Å². The van der Waals surface area contributed by atoms with Crippen LogP contribution in [0.5, 0.6) is 0 Å². The maximum absolute atomic E-state index is 10.7. The first kappa shape index (κ1) is 11.5. The third-order valence-electron chi connectivity index (χ3n) is 1.34. The highest BCUT2D eigenvalue weighted by Gasteiger charge is 2.28. The maximum Gasteiger partial charge on any atom is 0.194 e. The first-order chi connectivity index (χ1) is 5.54. The Labute approximate surface area is 68.7 Å². The Balaban J connectivity index is 4.09. The number of ketones is 1. The SMILES string of the molecule is O=C(C(O)[C@H](O)CO)[C@H](O)CO. The van der Waals surface area contributed by atoms with Crippen LogP contribution in [0.25, 0.3) is 0 Å². The molecule has 0 bridgehead atoms. The van der Waals surface area contributed by atoms with Gasteiger partial charge in [0, 0.05) is 0 Å². The lowest BCUT2D eigenvalue weighted by Crippen LogP contribution is -2.43. The Hall–Kier alpha value is -0.530. The number of carbonyl (C=O) groups excluding carboxylic acids is 1. The molecule has 0 radical (unpaired) electrons. The first-order valence-corrected chi connectivity index (χ1v) is 3.34. The van der Waals surface area contributed by atoms with E-state index in [2.05, 4.69) is 0 Å². The Bertz CT molecular complexity index is 147. The molecule has 0 aliphatic carbocycles. The molecule has 0 heterocycles. The van der Waals surface area contributed by atoms with Crippen molar-refractivity contribution < 1.29 is 30.3 Å². The second kappa shape index (κ2) is 5.18. The highest BCUT2D eigenvalue weighted by Crippen LogP contribution is 1.98. The van der Waals surface area contributed by atoms with Crippen LogP contribution in [0, 0.1) is 0 Å². The predicted octanol–water partition coefficient (Wildman–Crippen LogP) is -3.38. The van der Waals surface area contributed by atoms with Crippen LogP contribution in [-0.2, 0) is 4.79 Å². The second-order valence-corrected chi connectivity index (χ2v) is 2.30. The van der Waals surface area contributed by atoms with Crippen LogP contribution in [-0.4, -0.2) is 62.8 Å². The van der Waals surface area contributed by atoms with E-state index in [1.165, 1.54) is 0 Å². The molecule has 5 N–H and O–H groups in total. The van der Waals surface area contributed by atoms with E-state index in [-0.39, 0.29) is 0 Å². The van der Waals surface area contributed by atoms with Gasteiger partial charge in [0.2, 0.25) is 0 Å². The van der Waals surface area contributed by atoms with Crippen LogP contribution in [0.4, 0.5) is 0 Å². The van der Waals surface area contributed by atoms with Gasteiger partial charge >= 0.3 is 0 Å². The van der Waals surface area contributed by atoms with E-state index in [0.717, 1.165) is 0 Å². The van der Waals surface area contributed by atoms with Crippen molar-refractivity contribution in [2.75, 3.05) is 13.2 Å². The van der Waals surface area contributed by atoms with Crippen LogP contribution in [0.2, 0.25) is 0 Å². The zero-order chi connectivity index (χ0) is 9.72. The van der Waals surface area contributed by atoms with E-state index in [4.69, 9.17) is 25.5 Å². The molecule has 0 saturated carbocycles. The van der Waals surface area contributed by atoms with Gasteiger partial charge < -0.3 is 25.5 Å². The molecule has 1 unspecified atom stereocenters. The molecule has 0 aliphatic rings. The molecule has 0 amide bonds. The lowest BCUT2D eigenvalue weighted by Gasteiger charge is -2.16. The van der Waals surface area contributed by atoms with Crippen LogP contribution in [0.15, 0.2) is 0 Å². The average Bonchev–Trinajstić information content (AvgIpc) is 2.12. The van der Waals surface area contributed by atoms with E-state index >= 15 is 0 Å². The van der Waals surface area contributed by atoms with E-state index in [1.807, 2.05) is 0 Å². The molecule has 0 aromatic rings. The van der Waals surface area contributed by atoms with Gasteiger partial charge in [0.1, 0.15) is 18.3 Å². The van der Waals surface area contributed by atoms with Gasteiger partial charge in [-0.25, -0.2) is 0 Å². The molecule has 0 fully saturated rings. The van der Waals surface area contributed by atoms with E-state index in [0.29, 0.717) is 0 Å². The molecule has 12 heavy (non-hydrogen) atoms. The minimum absolute atomic E-state index is 0.787. The normalized spacial score (nSPS) is 18.4. The number of aliphatic hydroxyl groups is 5. The molecule has 6 nitrogen and oxygen atoms in total. The Morgan fingerprint density at radius 1 is 1.08 bits per heavy atom. The quantitative estimate of drug-likeness (QED) is 0.301. The summed E-state index contributed by atoms with van der Waals surface area (Å²) >= 11 is 0. The Kier molecular flexibility index (Phi) is 4.95. The minimum atomic E-state index is -1.86. The fraction of sp³-hybridized carbons (Fsp3) is 0.833. The zero-order valence-electron chi connectivity index (χ0n) is 6.29. The van der Waals surface area contributed by atoms with Crippen molar-refractivity contribution in [1.29, 1.82) is 0 Å². The number of hydrogen-bond acceptors (Lipinski definition) is 6. The summed E-state index contributed by atoms with van der Waals surface area (Å²) < 4.78 is 0. The van der Waals surface area contributed by atoms with Crippen LogP contribution in [0.1, 0.15) is 0 Å². The van der Waals surface area contributed by atoms with Crippen molar-refractivity contribution in [3.05, 3.63) is 0 Å².